The first-order valence-electron chi connectivity index (χ1n) is 7.89. The fourth-order valence-corrected chi connectivity index (χ4v) is 3.94. The average Bonchev–Trinajstić information content (AvgIpc) is 2.54. The minimum Gasteiger partial charge on any atom is -0.455 e. The summed E-state index contributed by atoms with van der Waals surface area (Å²) in [6, 6.07) is 4.16. The third kappa shape index (κ3) is 5.69. The minimum absolute atomic E-state index is 0.0659. The standard InChI is InChI=1S/C16H23ClN2O5S/c1-5-19(6-2)25(22,23)14-9-12(7-8-13(14)17)18-15(20)10-24-16(21)11(3)4/h7-9,11H,5-6,10H2,1-4H3,(H,18,20). The molecule has 1 aromatic carbocycles. The molecule has 25 heavy (non-hydrogen) atoms. The monoisotopic (exact) mass is 390 g/mol. The van der Waals surface area contributed by atoms with Gasteiger partial charge in [-0.15, -0.1) is 0 Å². The molecule has 1 aromatic rings. The van der Waals surface area contributed by atoms with Crippen molar-refractivity contribution in [2.24, 2.45) is 5.92 Å². The Balaban J connectivity index is 2.95. The van der Waals surface area contributed by atoms with Crippen LogP contribution in [0.5, 0.6) is 0 Å². The first kappa shape index (κ1) is 21.4. The largest absolute Gasteiger partial charge is 0.455 e. The van der Waals surface area contributed by atoms with E-state index in [0.29, 0.717) is 13.1 Å². The summed E-state index contributed by atoms with van der Waals surface area (Å²) >= 11 is 6.02. The summed E-state index contributed by atoms with van der Waals surface area (Å²) in [7, 11) is -3.76. The predicted molar refractivity (Wildman–Crippen MR) is 96.0 cm³/mol. The van der Waals surface area contributed by atoms with E-state index < -0.39 is 28.5 Å². The predicted octanol–water partition coefficient (Wildman–Crippen LogP) is 2.51. The zero-order chi connectivity index (χ0) is 19.2. The number of esters is 1. The van der Waals surface area contributed by atoms with Gasteiger partial charge in [0.1, 0.15) is 4.90 Å². The Morgan fingerprint density at radius 3 is 2.36 bits per heavy atom. The molecule has 140 valence electrons. The highest BCUT2D eigenvalue weighted by molar-refractivity contribution is 7.89. The lowest BCUT2D eigenvalue weighted by molar-refractivity contribution is -0.150. The number of carbonyl (C=O) groups is 2. The molecule has 0 spiro atoms. The Bertz CT molecular complexity index is 730. The van der Waals surface area contributed by atoms with E-state index in [1.165, 1.54) is 22.5 Å². The highest BCUT2D eigenvalue weighted by atomic mass is 35.5. The maximum absolute atomic E-state index is 12.6. The molecule has 0 unspecified atom stereocenters. The van der Waals surface area contributed by atoms with E-state index in [2.05, 4.69) is 5.32 Å². The number of carbonyl (C=O) groups excluding carboxylic acids is 2. The maximum atomic E-state index is 12.6. The molecule has 0 saturated heterocycles. The Kier molecular flexibility index (Phi) is 7.85. The van der Waals surface area contributed by atoms with Gasteiger partial charge in [0.05, 0.1) is 10.9 Å². The molecule has 0 aliphatic rings. The fourth-order valence-electron chi connectivity index (χ4n) is 1.98. The second kappa shape index (κ2) is 9.17. The van der Waals surface area contributed by atoms with Crippen LogP contribution in [0.15, 0.2) is 23.1 Å². The van der Waals surface area contributed by atoms with E-state index in [4.69, 9.17) is 16.3 Å². The molecule has 0 fully saturated rings. The van der Waals surface area contributed by atoms with E-state index in [1.807, 2.05) is 0 Å². The van der Waals surface area contributed by atoms with Gasteiger partial charge in [-0.1, -0.05) is 39.3 Å². The van der Waals surface area contributed by atoms with Crippen LogP contribution in [-0.2, 0) is 24.3 Å². The van der Waals surface area contributed by atoms with Gasteiger partial charge in [-0.3, -0.25) is 9.59 Å². The van der Waals surface area contributed by atoms with Gasteiger partial charge in [0.15, 0.2) is 6.61 Å². The molecule has 0 aromatic heterocycles. The highest BCUT2D eigenvalue weighted by Gasteiger charge is 2.25. The lowest BCUT2D eigenvalue weighted by Gasteiger charge is -2.19. The van der Waals surface area contributed by atoms with Crippen LogP contribution in [0.3, 0.4) is 0 Å². The summed E-state index contributed by atoms with van der Waals surface area (Å²) in [6.45, 7) is 6.92. The van der Waals surface area contributed by atoms with Crippen LogP contribution in [0.4, 0.5) is 5.69 Å². The summed E-state index contributed by atoms with van der Waals surface area (Å²) < 4.78 is 31.3. The zero-order valence-electron chi connectivity index (χ0n) is 14.7. The van der Waals surface area contributed by atoms with Gasteiger partial charge in [0, 0.05) is 18.8 Å². The molecule has 9 heteroatoms. The number of nitrogens with one attached hydrogen (secondary N) is 1. The normalized spacial score (nSPS) is 11.6. The SMILES string of the molecule is CCN(CC)S(=O)(=O)c1cc(NC(=O)COC(=O)C(C)C)ccc1Cl. The van der Waals surface area contributed by atoms with Crippen molar-refractivity contribution in [1.29, 1.82) is 0 Å². The first-order valence-corrected chi connectivity index (χ1v) is 9.71. The highest BCUT2D eigenvalue weighted by Crippen LogP contribution is 2.27. The van der Waals surface area contributed by atoms with Gasteiger partial charge in [0.25, 0.3) is 5.91 Å². The number of amides is 1. The van der Waals surface area contributed by atoms with Crippen molar-refractivity contribution >= 4 is 39.2 Å². The molecular weight excluding hydrogens is 368 g/mol. The van der Waals surface area contributed by atoms with Crippen molar-refractivity contribution in [3.63, 3.8) is 0 Å². The Labute approximate surface area is 153 Å². The molecule has 0 radical (unpaired) electrons. The molecule has 1 rings (SSSR count). The molecular formula is C16H23ClN2O5S. The van der Waals surface area contributed by atoms with Gasteiger partial charge >= 0.3 is 5.97 Å². The number of hydrogen-bond acceptors (Lipinski definition) is 5. The van der Waals surface area contributed by atoms with E-state index in [1.54, 1.807) is 27.7 Å². The number of nitrogens with zero attached hydrogens (tertiary/aromatic N) is 1. The second-order valence-electron chi connectivity index (χ2n) is 5.55. The summed E-state index contributed by atoms with van der Waals surface area (Å²) in [6.07, 6.45) is 0. The number of sulfonamides is 1. The maximum Gasteiger partial charge on any atom is 0.308 e. The Morgan fingerprint density at radius 2 is 1.84 bits per heavy atom. The number of halogens is 1. The summed E-state index contributed by atoms with van der Waals surface area (Å²) in [5, 5.41) is 2.56. The van der Waals surface area contributed by atoms with Crippen molar-refractivity contribution in [3.8, 4) is 0 Å². The van der Waals surface area contributed by atoms with Crippen LogP contribution in [0, 0.1) is 5.92 Å². The zero-order valence-corrected chi connectivity index (χ0v) is 16.3. The van der Waals surface area contributed by atoms with Gasteiger partial charge in [0.2, 0.25) is 10.0 Å². The van der Waals surface area contributed by atoms with Crippen LogP contribution in [-0.4, -0.2) is 44.3 Å². The van der Waals surface area contributed by atoms with Crippen LogP contribution in [0.1, 0.15) is 27.7 Å². The van der Waals surface area contributed by atoms with Crippen molar-refractivity contribution in [2.75, 3.05) is 25.0 Å². The lowest BCUT2D eigenvalue weighted by Crippen LogP contribution is -2.31. The fraction of sp³-hybridized carbons (Fsp3) is 0.500. The van der Waals surface area contributed by atoms with Gasteiger partial charge in [-0.05, 0) is 18.2 Å². The minimum atomic E-state index is -3.76. The molecule has 0 atom stereocenters. The van der Waals surface area contributed by atoms with Gasteiger partial charge in [-0.25, -0.2) is 8.42 Å². The number of rotatable bonds is 8. The number of ether oxygens (including phenoxy) is 1. The topological polar surface area (TPSA) is 92.8 Å². The quantitative estimate of drug-likeness (QED) is 0.688. The molecule has 7 nitrogen and oxygen atoms in total. The first-order chi connectivity index (χ1) is 11.6. The smallest absolute Gasteiger partial charge is 0.308 e. The lowest BCUT2D eigenvalue weighted by atomic mass is 10.2. The molecule has 0 bridgehead atoms. The van der Waals surface area contributed by atoms with Crippen LogP contribution < -0.4 is 5.32 Å². The molecule has 0 aliphatic heterocycles. The van der Waals surface area contributed by atoms with Crippen LogP contribution in [0.25, 0.3) is 0 Å². The summed E-state index contributed by atoms with van der Waals surface area (Å²) in [4.78, 5) is 23.1. The van der Waals surface area contributed by atoms with Crippen molar-refractivity contribution in [2.45, 2.75) is 32.6 Å². The van der Waals surface area contributed by atoms with Crippen molar-refractivity contribution in [1.82, 2.24) is 4.31 Å². The molecule has 0 heterocycles. The van der Waals surface area contributed by atoms with Crippen molar-refractivity contribution in [3.05, 3.63) is 23.2 Å². The molecule has 0 aliphatic carbocycles. The summed E-state index contributed by atoms with van der Waals surface area (Å²) in [5.41, 5.74) is 0.251. The molecule has 1 amide bonds. The average molecular weight is 391 g/mol. The second-order valence-corrected chi connectivity index (χ2v) is 7.86. The van der Waals surface area contributed by atoms with E-state index >= 15 is 0 Å². The third-order valence-electron chi connectivity index (χ3n) is 3.36. The van der Waals surface area contributed by atoms with E-state index in [0.717, 1.165) is 0 Å². The number of hydrogen-bond donors (Lipinski definition) is 1. The number of benzene rings is 1. The summed E-state index contributed by atoms with van der Waals surface area (Å²) in [5.74, 6) is -1.40. The van der Waals surface area contributed by atoms with E-state index in [-0.39, 0.29) is 21.5 Å². The van der Waals surface area contributed by atoms with Crippen LogP contribution >= 0.6 is 11.6 Å². The number of anilines is 1. The van der Waals surface area contributed by atoms with Crippen LogP contribution in [0.2, 0.25) is 5.02 Å². The van der Waals surface area contributed by atoms with Crippen molar-refractivity contribution < 1.29 is 22.7 Å². The molecule has 0 saturated carbocycles. The molecule has 1 N–H and O–H groups in total. The Hall–Kier alpha value is -1.64. The van der Waals surface area contributed by atoms with Gasteiger partial charge in [-0.2, -0.15) is 4.31 Å². The van der Waals surface area contributed by atoms with E-state index in [9.17, 15) is 18.0 Å². The third-order valence-corrected chi connectivity index (χ3v) is 5.89. The Morgan fingerprint density at radius 1 is 1.24 bits per heavy atom. The van der Waals surface area contributed by atoms with Gasteiger partial charge < -0.3 is 10.1 Å².